The van der Waals surface area contributed by atoms with Crippen molar-refractivity contribution in [2.75, 3.05) is 24.5 Å². The molecule has 1 aliphatic heterocycles. The SMILES string of the molecule is CC1CNCCN1c1cccc(-c2ccccc2)n1. The largest absolute Gasteiger partial charge is 0.351 e. The fourth-order valence-electron chi connectivity index (χ4n) is 2.53. The van der Waals surface area contributed by atoms with Crippen LogP contribution in [0.3, 0.4) is 0 Å². The van der Waals surface area contributed by atoms with Gasteiger partial charge in [0, 0.05) is 31.2 Å². The van der Waals surface area contributed by atoms with Crippen molar-refractivity contribution < 1.29 is 0 Å². The van der Waals surface area contributed by atoms with Gasteiger partial charge in [0.1, 0.15) is 5.82 Å². The van der Waals surface area contributed by atoms with Crippen molar-refractivity contribution >= 4 is 5.82 Å². The Balaban J connectivity index is 1.91. The maximum absolute atomic E-state index is 4.82. The number of nitrogens with one attached hydrogen (secondary N) is 1. The van der Waals surface area contributed by atoms with E-state index in [1.54, 1.807) is 0 Å². The van der Waals surface area contributed by atoms with Gasteiger partial charge in [-0.05, 0) is 19.1 Å². The molecular weight excluding hydrogens is 234 g/mol. The molecule has 1 unspecified atom stereocenters. The van der Waals surface area contributed by atoms with E-state index in [0.717, 1.165) is 31.1 Å². The average Bonchev–Trinajstić information content (AvgIpc) is 2.49. The van der Waals surface area contributed by atoms with Crippen LogP contribution in [0.5, 0.6) is 0 Å². The van der Waals surface area contributed by atoms with Crippen LogP contribution in [0.4, 0.5) is 5.82 Å². The molecule has 0 aliphatic carbocycles. The monoisotopic (exact) mass is 253 g/mol. The smallest absolute Gasteiger partial charge is 0.129 e. The Kier molecular flexibility index (Phi) is 3.47. The molecule has 98 valence electrons. The van der Waals surface area contributed by atoms with E-state index in [4.69, 9.17) is 4.98 Å². The summed E-state index contributed by atoms with van der Waals surface area (Å²) in [7, 11) is 0. The molecule has 3 nitrogen and oxygen atoms in total. The van der Waals surface area contributed by atoms with Gasteiger partial charge in [0.05, 0.1) is 5.69 Å². The van der Waals surface area contributed by atoms with E-state index in [-0.39, 0.29) is 0 Å². The highest BCUT2D eigenvalue weighted by Crippen LogP contribution is 2.22. The Bertz CT molecular complexity index is 539. The summed E-state index contributed by atoms with van der Waals surface area (Å²) in [5, 5.41) is 3.41. The number of benzene rings is 1. The Morgan fingerprint density at radius 1 is 1.11 bits per heavy atom. The number of nitrogens with zero attached hydrogens (tertiary/aromatic N) is 2. The second-order valence-corrected chi connectivity index (χ2v) is 4.99. The molecule has 3 rings (SSSR count). The predicted octanol–water partition coefficient (Wildman–Crippen LogP) is 2.55. The Hall–Kier alpha value is -1.87. The summed E-state index contributed by atoms with van der Waals surface area (Å²) in [6.07, 6.45) is 0. The molecule has 1 fully saturated rings. The third kappa shape index (κ3) is 2.61. The molecule has 0 amide bonds. The highest BCUT2D eigenvalue weighted by atomic mass is 15.3. The van der Waals surface area contributed by atoms with Crippen molar-refractivity contribution in [3.05, 3.63) is 48.5 Å². The van der Waals surface area contributed by atoms with E-state index in [2.05, 4.69) is 59.6 Å². The summed E-state index contributed by atoms with van der Waals surface area (Å²) in [4.78, 5) is 7.19. The van der Waals surface area contributed by atoms with E-state index in [1.165, 1.54) is 5.56 Å². The summed E-state index contributed by atoms with van der Waals surface area (Å²) in [5.74, 6) is 1.08. The Morgan fingerprint density at radius 3 is 2.74 bits per heavy atom. The van der Waals surface area contributed by atoms with Gasteiger partial charge in [0.15, 0.2) is 0 Å². The zero-order valence-corrected chi connectivity index (χ0v) is 11.2. The van der Waals surface area contributed by atoms with Crippen LogP contribution in [0.15, 0.2) is 48.5 Å². The molecule has 1 saturated heterocycles. The molecule has 1 N–H and O–H groups in total. The van der Waals surface area contributed by atoms with Crippen LogP contribution in [-0.4, -0.2) is 30.7 Å². The number of pyridine rings is 1. The van der Waals surface area contributed by atoms with Crippen LogP contribution in [0.1, 0.15) is 6.92 Å². The van der Waals surface area contributed by atoms with Gasteiger partial charge in [-0.1, -0.05) is 36.4 Å². The lowest BCUT2D eigenvalue weighted by atomic mass is 10.1. The normalized spacial score (nSPS) is 19.4. The van der Waals surface area contributed by atoms with Gasteiger partial charge in [0.2, 0.25) is 0 Å². The third-order valence-corrected chi connectivity index (χ3v) is 3.60. The van der Waals surface area contributed by atoms with Gasteiger partial charge in [-0.15, -0.1) is 0 Å². The van der Waals surface area contributed by atoms with Crippen LogP contribution in [0.25, 0.3) is 11.3 Å². The van der Waals surface area contributed by atoms with Crippen LogP contribution < -0.4 is 10.2 Å². The Labute approximate surface area is 114 Å². The molecule has 2 aromatic rings. The highest BCUT2D eigenvalue weighted by Gasteiger charge is 2.19. The van der Waals surface area contributed by atoms with E-state index in [0.29, 0.717) is 6.04 Å². The number of piperazine rings is 1. The fraction of sp³-hybridized carbons (Fsp3) is 0.312. The van der Waals surface area contributed by atoms with Crippen molar-refractivity contribution in [2.24, 2.45) is 0 Å². The number of hydrogen-bond acceptors (Lipinski definition) is 3. The second kappa shape index (κ2) is 5.41. The Morgan fingerprint density at radius 2 is 1.95 bits per heavy atom. The maximum atomic E-state index is 4.82. The number of anilines is 1. The maximum Gasteiger partial charge on any atom is 0.129 e. The van der Waals surface area contributed by atoms with E-state index >= 15 is 0 Å². The standard InChI is InChI=1S/C16H19N3/c1-13-12-17-10-11-19(13)16-9-5-8-15(18-16)14-6-3-2-4-7-14/h2-9,13,17H,10-12H2,1H3. The van der Waals surface area contributed by atoms with Gasteiger partial charge in [-0.3, -0.25) is 0 Å². The predicted molar refractivity (Wildman–Crippen MR) is 79.4 cm³/mol. The molecule has 1 atom stereocenters. The van der Waals surface area contributed by atoms with Crippen molar-refractivity contribution in [3.8, 4) is 11.3 Å². The van der Waals surface area contributed by atoms with Gasteiger partial charge in [0.25, 0.3) is 0 Å². The molecule has 0 saturated carbocycles. The quantitative estimate of drug-likeness (QED) is 0.891. The molecule has 3 heteroatoms. The molecule has 19 heavy (non-hydrogen) atoms. The first kappa shape index (κ1) is 12.2. The zero-order chi connectivity index (χ0) is 13.1. The van der Waals surface area contributed by atoms with E-state index < -0.39 is 0 Å². The summed E-state index contributed by atoms with van der Waals surface area (Å²) in [5.41, 5.74) is 2.22. The van der Waals surface area contributed by atoms with Crippen molar-refractivity contribution in [1.82, 2.24) is 10.3 Å². The highest BCUT2D eigenvalue weighted by molar-refractivity contribution is 5.61. The number of aromatic nitrogens is 1. The lowest BCUT2D eigenvalue weighted by Gasteiger charge is -2.35. The molecule has 2 heterocycles. The molecular formula is C16H19N3. The van der Waals surface area contributed by atoms with Gasteiger partial charge in [-0.25, -0.2) is 4.98 Å². The fourth-order valence-corrected chi connectivity index (χ4v) is 2.53. The molecule has 0 radical (unpaired) electrons. The average molecular weight is 253 g/mol. The minimum Gasteiger partial charge on any atom is -0.351 e. The summed E-state index contributed by atoms with van der Waals surface area (Å²) >= 11 is 0. The van der Waals surface area contributed by atoms with E-state index in [9.17, 15) is 0 Å². The molecule has 0 bridgehead atoms. The zero-order valence-electron chi connectivity index (χ0n) is 11.2. The summed E-state index contributed by atoms with van der Waals surface area (Å²) < 4.78 is 0. The molecule has 1 aromatic heterocycles. The minimum atomic E-state index is 0.493. The van der Waals surface area contributed by atoms with E-state index in [1.807, 2.05) is 6.07 Å². The van der Waals surface area contributed by atoms with Crippen LogP contribution in [-0.2, 0) is 0 Å². The van der Waals surface area contributed by atoms with Gasteiger partial charge >= 0.3 is 0 Å². The first-order valence-electron chi connectivity index (χ1n) is 6.84. The first-order chi connectivity index (χ1) is 9.34. The molecule has 0 spiro atoms. The van der Waals surface area contributed by atoms with Gasteiger partial charge in [-0.2, -0.15) is 0 Å². The first-order valence-corrected chi connectivity index (χ1v) is 6.84. The van der Waals surface area contributed by atoms with Crippen molar-refractivity contribution in [1.29, 1.82) is 0 Å². The lowest BCUT2D eigenvalue weighted by molar-refractivity contribution is 0.497. The third-order valence-electron chi connectivity index (χ3n) is 3.60. The number of hydrogen-bond donors (Lipinski definition) is 1. The van der Waals surface area contributed by atoms with Crippen LogP contribution in [0.2, 0.25) is 0 Å². The van der Waals surface area contributed by atoms with Crippen LogP contribution in [0, 0.1) is 0 Å². The lowest BCUT2D eigenvalue weighted by Crippen LogP contribution is -2.50. The molecule has 1 aromatic carbocycles. The second-order valence-electron chi connectivity index (χ2n) is 4.99. The topological polar surface area (TPSA) is 28.2 Å². The van der Waals surface area contributed by atoms with Crippen molar-refractivity contribution in [3.63, 3.8) is 0 Å². The van der Waals surface area contributed by atoms with Crippen LogP contribution >= 0.6 is 0 Å². The van der Waals surface area contributed by atoms with Crippen molar-refractivity contribution in [2.45, 2.75) is 13.0 Å². The number of rotatable bonds is 2. The minimum absolute atomic E-state index is 0.493. The summed E-state index contributed by atoms with van der Waals surface area (Å²) in [6.45, 7) is 5.31. The summed E-state index contributed by atoms with van der Waals surface area (Å²) in [6, 6.07) is 17.1. The molecule has 1 aliphatic rings. The van der Waals surface area contributed by atoms with Gasteiger partial charge < -0.3 is 10.2 Å².